The molecular weight excluding hydrogens is 443 g/mol. The quantitative estimate of drug-likeness (QED) is 0.661. The standard InChI is InChI=1S/C20H24F3N7O3/c1-10-14-15(30(3)19(2,9-32-4)17(31)28-14)29-18(26-10)27-11-5-12(6-11)33-13-7-24-16(25-8-13)20(21,22)23/h7-8,11-12H,5-6,9H2,1-4H3,(H,28,31)(H,26,27,29)/t11-,12-,19?. The van der Waals surface area contributed by atoms with Gasteiger partial charge in [0.05, 0.1) is 24.7 Å². The third-order valence-electron chi connectivity index (χ3n) is 5.89. The van der Waals surface area contributed by atoms with E-state index in [0.717, 1.165) is 12.4 Å². The van der Waals surface area contributed by atoms with Gasteiger partial charge in [0, 0.05) is 33.0 Å². The molecule has 33 heavy (non-hydrogen) atoms. The topological polar surface area (TPSA) is 114 Å². The highest BCUT2D eigenvalue weighted by Crippen LogP contribution is 2.37. The van der Waals surface area contributed by atoms with Gasteiger partial charge >= 0.3 is 6.18 Å². The number of likely N-dealkylation sites (N-methyl/N-ethyl adjacent to an activating group) is 1. The SMILES string of the molecule is COCC1(C)C(=O)Nc2c(C)nc(N[C@H]3C[C@H](Oc4cnc(C(F)(F)F)nc4)C3)nc2N1C. The fourth-order valence-electron chi connectivity index (χ4n) is 3.77. The summed E-state index contributed by atoms with van der Waals surface area (Å²) in [4.78, 5) is 30.0. The van der Waals surface area contributed by atoms with E-state index in [-0.39, 0.29) is 30.4 Å². The molecule has 1 amide bonds. The lowest BCUT2D eigenvalue weighted by Crippen LogP contribution is -2.59. The molecule has 0 saturated heterocycles. The van der Waals surface area contributed by atoms with Crippen LogP contribution in [0.4, 0.5) is 30.6 Å². The van der Waals surface area contributed by atoms with Gasteiger partial charge in [-0.25, -0.2) is 15.0 Å². The van der Waals surface area contributed by atoms with Crippen LogP contribution in [0.2, 0.25) is 0 Å². The fourth-order valence-corrected chi connectivity index (χ4v) is 3.77. The highest BCUT2D eigenvalue weighted by atomic mass is 19.4. The largest absolute Gasteiger partial charge is 0.487 e. The Morgan fingerprint density at radius 3 is 2.55 bits per heavy atom. The van der Waals surface area contributed by atoms with Gasteiger partial charge in [0.1, 0.15) is 17.3 Å². The predicted octanol–water partition coefficient (Wildman–Crippen LogP) is 2.41. The van der Waals surface area contributed by atoms with Gasteiger partial charge in [0.2, 0.25) is 11.8 Å². The van der Waals surface area contributed by atoms with Crippen molar-refractivity contribution in [3.8, 4) is 5.75 Å². The van der Waals surface area contributed by atoms with Crippen molar-refractivity contribution in [2.24, 2.45) is 0 Å². The molecule has 1 unspecified atom stereocenters. The molecule has 10 nitrogen and oxygen atoms in total. The molecule has 1 atom stereocenters. The van der Waals surface area contributed by atoms with Crippen LogP contribution in [0.15, 0.2) is 12.4 Å². The second kappa shape index (κ2) is 8.28. The number of anilines is 3. The molecule has 13 heteroatoms. The van der Waals surface area contributed by atoms with Crippen molar-refractivity contribution >= 4 is 23.4 Å². The van der Waals surface area contributed by atoms with Crippen LogP contribution in [-0.4, -0.2) is 64.3 Å². The molecule has 1 aliphatic heterocycles. The Labute approximate surface area is 187 Å². The number of aryl methyl sites for hydroxylation is 1. The van der Waals surface area contributed by atoms with Crippen molar-refractivity contribution in [1.82, 2.24) is 19.9 Å². The summed E-state index contributed by atoms with van der Waals surface area (Å²) in [6.07, 6.45) is -1.52. The smallest absolute Gasteiger partial charge is 0.451 e. The number of ether oxygens (including phenoxy) is 2. The molecule has 1 aliphatic carbocycles. The first-order valence-corrected chi connectivity index (χ1v) is 10.3. The molecule has 2 aliphatic rings. The molecule has 1 fully saturated rings. The maximum atomic E-state index is 12.6. The van der Waals surface area contributed by atoms with Crippen LogP contribution in [-0.2, 0) is 15.7 Å². The average molecular weight is 467 g/mol. The van der Waals surface area contributed by atoms with Crippen LogP contribution in [0.25, 0.3) is 0 Å². The first-order chi connectivity index (χ1) is 15.5. The number of fused-ring (bicyclic) bond motifs is 1. The molecule has 2 aromatic rings. The van der Waals surface area contributed by atoms with Crippen LogP contribution in [0.1, 0.15) is 31.3 Å². The van der Waals surface area contributed by atoms with Crippen LogP contribution in [0.3, 0.4) is 0 Å². The highest BCUT2D eigenvalue weighted by molar-refractivity contribution is 6.06. The number of amides is 1. The zero-order valence-electron chi connectivity index (χ0n) is 18.5. The molecule has 3 heterocycles. The van der Waals surface area contributed by atoms with E-state index in [2.05, 4.69) is 30.6 Å². The summed E-state index contributed by atoms with van der Waals surface area (Å²) < 4.78 is 48.6. The number of carbonyl (C=O) groups is 1. The van der Waals surface area contributed by atoms with Crippen molar-refractivity contribution < 1.29 is 27.4 Å². The molecule has 0 bridgehead atoms. The van der Waals surface area contributed by atoms with Gasteiger partial charge < -0.3 is 25.0 Å². The number of halogens is 3. The first-order valence-electron chi connectivity index (χ1n) is 10.3. The minimum atomic E-state index is -4.59. The van der Waals surface area contributed by atoms with Crippen LogP contribution in [0.5, 0.6) is 5.75 Å². The Balaban J connectivity index is 1.39. The normalized spacial score (nSPS) is 24.6. The number of methoxy groups -OCH3 is 1. The number of nitrogens with one attached hydrogen (secondary N) is 2. The first kappa shape index (κ1) is 23.0. The third kappa shape index (κ3) is 4.36. The van der Waals surface area contributed by atoms with E-state index in [4.69, 9.17) is 9.47 Å². The molecule has 178 valence electrons. The number of carbonyl (C=O) groups excluding carboxylic acids is 1. The molecule has 0 aromatic carbocycles. The van der Waals surface area contributed by atoms with Gasteiger partial charge in [-0.1, -0.05) is 0 Å². The monoisotopic (exact) mass is 467 g/mol. The molecule has 2 aromatic heterocycles. The second-order valence-electron chi connectivity index (χ2n) is 8.34. The summed E-state index contributed by atoms with van der Waals surface area (Å²) >= 11 is 0. The van der Waals surface area contributed by atoms with E-state index in [1.54, 1.807) is 25.8 Å². The Morgan fingerprint density at radius 1 is 1.27 bits per heavy atom. The molecule has 2 N–H and O–H groups in total. The van der Waals surface area contributed by atoms with Gasteiger partial charge in [-0.3, -0.25) is 4.79 Å². The minimum Gasteiger partial charge on any atom is -0.487 e. The lowest BCUT2D eigenvalue weighted by Gasteiger charge is -2.42. The zero-order valence-corrected chi connectivity index (χ0v) is 18.5. The van der Waals surface area contributed by atoms with E-state index in [9.17, 15) is 18.0 Å². The van der Waals surface area contributed by atoms with Crippen LogP contribution >= 0.6 is 0 Å². The Morgan fingerprint density at radius 2 is 1.94 bits per heavy atom. The Bertz CT molecular complexity index is 1040. The lowest BCUT2D eigenvalue weighted by molar-refractivity contribution is -0.145. The van der Waals surface area contributed by atoms with E-state index in [1.165, 1.54) is 7.11 Å². The maximum absolute atomic E-state index is 12.6. The van der Waals surface area contributed by atoms with Crippen molar-refractivity contribution in [1.29, 1.82) is 0 Å². The number of aromatic nitrogens is 4. The Hall–Kier alpha value is -3.22. The second-order valence-corrected chi connectivity index (χ2v) is 8.34. The van der Waals surface area contributed by atoms with E-state index in [0.29, 0.717) is 36.0 Å². The minimum absolute atomic E-state index is 0.0247. The summed E-state index contributed by atoms with van der Waals surface area (Å²) in [5.41, 5.74) is 0.258. The maximum Gasteiger partial charge on any atom is 0.451 e. The van der Waals surface area contributed by atoms with Gasteiger partial charge in [-0.05, 0) is 13.8 Å². The number of hydrogen-bond donors (Lipinski definition) is 2. The zero-order chi connectivity index (χ0) is 24.0. The van der Waals surface area contributed by atoms with Gasteiger partial charge in [0.25, 0.3) is 5.91 Å². The third-order valence-corrected chi connectivity index (χ3v) is 5.89. The fraction of sp³-hybridized carbons (Fsp3) is 0.550. The summed E-state index contributed by atoms with van der Waals surface area (Å²) in [5, 5.41) is 6.13. The average Bonchev–Trinajstić information content (AvgIpc) is 2.72. The predicted molar refractivity (Wildman–Crippen MR) is 112 cm³/mol. The van der Waals surface area contributed by atoms with Crippen molar-refractivity contribution in [2.45, 2.75) is 50.6 Å². The van der Waals surface area contributed by atoms with Crippen molar-refractivity contribution in [3.05, 3.63) is 23.9 Å². The molecule has 0 radical (unpaired) electrons. The van der Waals surface area contributed by atoms with E-state index < -0.39 is 17.5 Å². The molecule has 1 saturated carbocycles. The van der Waals surface area contributed by atoms with Gasteiger partial charge in [0.15, 0.2) is 11.6 Å². The summed E-state index contributed by atoms with van der Waals surface area (Å²) in [5.74, 6) is -0.223. The summed E-state index contributed by atoms with van der Waals surface area (Å²) in [6.45, 7) is 3.75. The van der Waals surface area contributed by atoms with E-state index in [1.807, 2.05) is 0 Å². The number of hydrogen-bond acceptors (Lipinski definition) is 9. The summed E-state index contributed by atoms with van der Waals surface area (Å²) in [7, 11) is 3.32. The van der Waals surface area contributed by atoms with Crippen LogP contribution < -0.4 is 20.3 Å². The summed E-state index contributed by atoms with van der Waals surface area (Å²) in [6, 6.07) is 0.0247. The lowest BCUT2D eigenvalue weighted by atomic mass is 9.89. The number of alkyl halides is 3. The number of rotatable bonds is 6. The Kier molecular flexibility index (Phi) is 5.76. The number of nitrogens with zero attached hydrogens (tertiary/aromatic N) is 5. The van der Waals surface area contributed by atoms with Crippen LogP contribution in [0, 0.1) is 6.92 Å². The van der Waals surface area contributed by atoms with Gasteiger partial charge in [-0.2, -0.15) is 18.2 Å². The van der Waals surface area contributed by atoms with E-state index >= 15 is 0 Å². The molecule has 0 spiro atoms. The van der Waals surface area contributed by atoms with Gasteiger partial charge in [-0.15, -0.1) is 0 Å². The molecule has 4 rings (SSSR count). The van der Waals surface area contributed by atoms with Crippen molar-refractivity contribution in [3.63, 3.8) is 0 Å². The molecular formula is C20H24F3N7O3. The highest BCUT2D eigenvalue weighted by Gasteiger charge is 2.44. The van der Waals surface area contributed by atoms with Crippen molar-refractivity contribution in [2.75, 3.05) is 36.3 Å².